The summed E-state index contributed by atoms with van der Waals surface area (Å²) in [6.45, 7) is 5.62. The van der Waals surface area contributed by atoms with Crippen LogP contribution in [-0.4, -0.2) is 12.6 Å². The number of rotatable bonds is 5. The molecule has 20 heavy (non-hydrogen) atoms. The first-order chi connectivity index (χ1) is 9.61. The van der Waals surface area contributed by atoms with E-state index in [-0.39, 0.29) is 6.61 Å². The van der Waals surface area contributed by atoms with Crippen molar-refractivity contribution < 1.29 is 4.74 Å². The van der Waals surface area contributed by atoms with Crippen LogP contribution in [0.5, 0.6) is 5.75 Å². The zero-order valence-corrected chi connectivity index (χ0v) is 12.5. The van der Waals surface area contributed by atoms with Gasteiger partial charge in [-0.15, -0.1) is 0 Å². The molecule has 0 heterocycles. The van der Waals surface area contributed by atoms with Gasteiger partial charge in [0.05, 0.1) is 0 Å². The molecule has 1 N–H and O–H groups in total. The average Bonchev–Trinajstić information content (AvgIpc) is 2.43. The Morgan fingerprint density at radius 1 is 1.40 bits per heavy atom. The van der Waals surface area contributed by atoms with Gasteiger partial charge in [0.15, 0.2) is 6.61 Å². The highest BCUT2D eigenvalue weighted by Crippen LogP contribution is 2.35. The number of hydrogen-bond donors (Lipinski definition) is 1. The first-order valence-corrected chi connectivity index (χ1v) is 7.42. The molecule has 0 saturated heterocycles. The maximum atomic E-state index is 8.62. The summed E-state index contributed by atoms with van der Waals surface area (Å²) >= 11 is 0. The number of nitrogens with zero attached hydrogens (tertiary/aromatic N) is 1. The fraction of sp³-hybridized carbons (Fsp3) is 0.588. The maximum absolute atomic E-state index is 8.62. The van der Waals surface area contributed by atoms with Gasteiger partial charge in [0.2, 0.25) is 0 Å². The Kier molecular flexibility index (Phi) is 5.03. The van der Waals surface area contributed by atoms with Gasteiger partial charge in [0.1, 0.15) is 11.8 Å². The highest BCUT2D eigenvalue weighted by Gasteiger charge is 2.27. The zero-order valence-electron chi connectivity index (χ0n) is 12.5. The monoisotopic (exact) mass is 272 g/mol. The van der Waals surface area contributed by atoms with Gasteiger partial charge in [-0.2, -0.15) is 5.26 Å². The van der Waals surface area contributed by atoms with Crippen molar-refractivity contribution >= 4 is 0 Å². The van der Waals surface area contributed by atoms with E-state index in [1.807, 2.05) is 24.3 Å². The Morgan fingerprint density at radius 2 is 2.20 bits per heavy atom. The molecule has 3 heteroatoms. The third-order valence-corrected chi connectivity index (χ3v) is 4.05. The minimum atomic E-state index is 0.105. The Bertz CT molecular complexity index is 476. The molecule has 1 unspecified atom stereocenters. The van der Waals surface area contributed by atoms with Crippen molar-refractivity contribution in [2.24, 2.45) is 5.41 Å². The van der Waals surface area contributed by atoms with Crippen molar-refractivity contribution in [3.05, 3.63) is 29.8 Å². The number of hydrogen-bond acceptors (Lipinski definition) is 3. The van der Waals surface area contributed by atoms with E-state index in [9.17, 15) is 0 Å². The van der Waals surface area contributed by atoms with Crippen LogP contribution in [0, 0.1) is 16.7 Å². The van der Waals surface area contributed by atoms with Gasteiger partial charge in [-0.3, -0.25) is 0 Å². The smallest absolute Gasteiger partial charge is 0.174 e. The van der Waals surface area contributed by atoms with E-state index in [1.165, 1.54) is 25.7 Å². The molecule has 1 saturated carbocycles. The summed E-state index contributed by atoms with van der Waals surface area (Å²) in [6, 6.07) is 10.6. The van der Waals surface area contributed by atoms with Gasteiger partial charge in [0, 0.05) is 18.2 Å². The lowest BCUT2D eigenvalue weighted by Crippen LogP contribution is -2.36. The summed E-state index contributed by atoms with van der Waals surface area (Å²) in [5.74, 6) is 0.816. The summed E-state index contributed by atoms with van der Waals surface area (Å²) < 4.78 is 5.47. The van der Waals surface area contributed by atoms with E-state index in [0.29, 0.717) is 11.5 Å². The van der Waals surface area contributed by atoms with Crippen LogP contribution in [0.2, 0.25) is 0 Å². The molecule has 1 aromatic rings. The normalized spacial score (nSPS) is 21.1. The lowest BCUT2D eigenvalue weighted by Gasteiger charge is -2.35. The van der Waals surface area contributed by atoms with Gasteiger partial charge < -0.3 is 10.1 Å². The lowest BCUT2D eigenvalue weighted by atomic mass is 9.75. The van der Waals surface area contributed by atoms with E-state index < -0.39 is 0 Å². The molecule has 3 nitrogen and oxygen atoms in total. The predicted molar refractivity (Wildman–Crippen MR) is 80.4 cm³/mol. The van der Waals surface area contributed by atoms with Crippen LogP contribution in [0.25, 0.3) is 0 Å². The predicted octanol–water partition coefficient (Wildman–Crippen LogP) is 3.65. The van der Waals surface area contributed by atoms with Gasteiger partial charge >= 0.3 is 0 Å². The van der Waals surface area contributed by atoms with E-state index in [4.69, 9.17) is 10.00 Å². The molecule has 0 radical (unpaired) electrons. The van der Waals surface area contributed by atoms with Crippen molar-refractivity contribution in [2.45, 2.75) is 52.1 Å². The summed E-state index contributed by atoms with van der Waals surface area (Å²) in [4.78, 5) is 0. The van der Waals surface area contributed by atoms with Crippen LogP contribution in [0.15, 0.2) is 24.3 Å². The van der Waals surface area contributed by atoms with Crippen molar-refractivity contribution in [2.75, 3.05) is 6.61 Å². The lowest BCUT2D eigenvalue weighted by molar-refractivity contribution is 0.197. The molecule has 0 aliphatic heterocycles. The number of ether oxygens (including phenoxy) is 1. The molecule has 1 fully saturated rings. The molecule has 1 aliphatic rings. The fourth-order valence-electron chi connectivity index (χ4n) is 3.03. The highest BCUT2D eigenvalue weighted by molar-refractivity contribution is 5.33. The topological polar surface area (TPSA) is 45.0 Å². The quantitative estimate of drug-likeness (QED) is 0.890. The second-order valence-electron chi connectivity index (χ2n) is 6.39. The van der Waals surface area contributed by atoms with E-state index in [2.05, 4.69) is 25.2 Å². The average molecular weight is 272 g/mol. The first-order valence-electron chi connectivity index (χ1n) is 7.42. The molecular formula is C17H24N2O. The number of benzene rings is 1. The van der Waals surface area contributed by atoms with Gasteiger partial charge in [-0.25, -0.2) is 0 Å². The van der Waals surface area contributed by atoms with Crippen LogP contribution in [0.1, 0.15) is 45.1 Å². The minimum Gasteiger partial charge on any atom is -0.478 e. The molecule has 1 atom stereocenters. The second kappa shape index (κ2) is 6.76. The molecule has 0 aromatic heterocycles. The Balaban J connectivity index is 1.92. The molecule has 0 spiro atoms. The van der Waals surface area contributed by atoms with E-state index in [1.54, 1.807) is 0 Å². The SMILES string of the molecule is CC1(C)CCCC(NCc2ccccc2OCC#N)C1. The number of para-hydroxylation sites is 1. The van der Waals surface area contributed by atoms with Crippen molar-refractivity contribution in [3.63, 3.8) is 0 Å². The molecular weight excluding hydrogens is 248 g/mol. The second-order valence-corrected chi connectivity index (χ2v) is 6.39. The molecule has 1 aliphatic carbocycles. The van der Waals surface area contributed by atoms with E-state index >= 15 is 0 Å². The molecule has 0 bridgehead atoms. The van der Waals surface area contributed by atoms with Crippen molar-refractivity contribution in [1.29, 1.82) is 5.26 Å². The van der Waals surface area contributed by atoms with Crippen LogP contribution in [0.4, 0.5) is 0 Å². The Hall–Kier alpha value is -1.53. The highest BCUT2D eigenvalue weighted by atomic mass is 16.5. The zero-order chi connectivity index (χ0) is 14.4. The first kappa shape index (κ1) is 14.9. The fourth-order valence-corrected chi connectivity index (χ4v) is 3.03. The van der Waals surface area contributed by atoms with Gasteiger partial charge in [-0.1, -0.05) is 38.5 Å². The summed E-state index contributed by atoms with van der Waals surface area (Å²) in [6.07, 6.45) is 5.11. The largest absolute Gasteiger partial charge is 0.478 e. The molecule has 1 aromatic carbocycles. The molecule has 0 amide bonds. The van der Waals surface area contributed by atoms with E-state index in [0.717, 1.165) is 17.9 Å². The van der Waals surface area contributed by atoms with Crippen LogP contribution in [-0.2, 0) is 6.54 Å². The Labute approximate surface area is 121 Å². The van der Waals surface area contributed by atoms with Crippen LogP contribution in [0.3, 0.4) is 0 Å². The summed E-state index contributed by atoms with van der Waals surface area (Å²) in [5.41, 5.74) is 1.58. The maximum Gasteiger partial charge on any atom is 0.174 e. The van der Waals surface area contributed by atoms with Crippen LogP contribution < -0.4 is 10.1 Å². The Morgan fingerprint density at radius 3 is 2.95 bits per heavy atom. The third kappa shape index (κ3) is 4.25. The molecule has 108 valence electrons. The third-order valence-electron chi connectivity index (χ3n) is 4.05. The van der Waals surface area contributed by atoms with Crippen molar-refractivity contribution in [3.8, 4) is 11.8 Å². The molecule has 2 rings (SSSR count). The number of nitriles is 1. The standard InChI is InChI=1S/C17H24N2O/c1-17(2)9-5-7-15(12-17)19-13-14-6-3-4-8-16(14)20-11-10-18/h3-4,6,8,15,19H,5,7,9,11-13H2,1-2H3. The van der Waals surface area contributed by atoms with Crippen LogP contribution >= 0.6 is 0 Å². The minimum absolute atomic E-state index is 0.105. The summed E-state index contributed by atoms with van der Waals surface area (Å²) in [7, 11) is 0. The summed E-state index contributed by atoms with van der Waals surface area (Å²) in [5, 5.41) is 12.3. The van der Waals surface area contributed by atoms with Gasteiger partial charge in [-0.05, 0) is 30.7 Å². The van der Waals surface area contributed by atoms with Crippen molar-refractivity contribution in [1.82, 2.24) is 5.32 Å². The van der Waals surface area contributed by atoms with Gasteiger partial charge in [0.25, 0.3) is 0 Å². The number of nitrogens with one attached hydrogen (secondary N) is 1.